The minimum Gasteiger partial charge on any atom is -0.352 e. The average molecular weight is 477 g/mol. The van der Waals surface area contributed by atoms with Crippen molar-refractivity contribution < 1.29 is 14.5 Å². The van der Waals surface area contributed by atoms with Crippen LogP contribution in [0.15, 0.2) is 18.2 Å². The van der Waals surface area contributed by atoms with E-state index in [0.717, 1.165) is 25.7 Å². The Kier molecular flexibility index (Phi) is 12.6. The number of nitro groups is 1. The quantitative estimate of drug-likeness (QED) is 0.233. The molecule has 146 valence electrons. The lowest BCUT2D eigenvalue weighted by atomic mass is 9.96. The Labute approximate surface area is 168 Å². The van der Waals surface area contributed by atoms with Crippen LogP contribution in [0.4, 0.5) is 10.5 Å². The molecule has 1 unspecified atom stereocenters. The molecule has 7 nitrogen and oxygen atoms in total. The van der Waals surface area contributed by atoms with E-state index in [0.29, 0.717) is 28.0 Å². The second kappa shape index (κ2) is 13.5. The number of nitrogens with one attached hydrogen (secondary N) is 1. The number of ketones is 1. The molecule has 1 aromatic carbocycles. The summed E-state index contributed by atoms with van der Waals surface area (Å²) in [6.45, 7) is 6.90. The molecule has 0 aliphatic rings. The van der Waals surface area contributed by atoms with E-state index in [-0.39, 0.29) is 11.5 Å². The largest absolute Gasteiger partial charge is 0.352 e. The van der Waals surface area contributed by atoms with Gasteiger partial charge in [-0.2, -0.15) is 0 Å². The fourth-order valence-corrected chi connectivity index (χ4v) is 2.77. The van der Waals surface area contributed by atoms with Crippen LogP contribution in [0.5, 0.6) is 0 Å². The van der Waals surface area contributed by atoms with E-state index in [1.807, 2.05) is 29.5 Å². The maximum Gasteiger partial charge on any atom is 0.312 e. The molecule has 1 atom stereocenters. The smallest absolute Gasteiger partial charge is 0.312 e. The number of carbonyl (C=O) groups excluding carboxylic acids is 2. The van der Waals surface area contributed by atoms with Crippen LogP contribution in [-0.2, 0) is 0 Å². The zero-order chi connectivity index (χ0) is 20.1. The SMILES string of the molecule is CCCC(C)CCC(=O)c1ccc(I)c([N+](=O)[O-])c1.CCCNC(N)=O. The van der Waals surface area contributed by atoms with Crippen molar-refractivity contribution in [3.05, 3.63) is 37.4 Å². The number of rotatable bonds is 9. The van der Waals surface area contributed by atoms with Gasteiger partial charge in [0.2, 0.25) is 0 Å². The highest BCUT2D eigenvalue weighted by atomic mass is 127. The van der Waals surface area contributed by atoms with Gasteiger partial charge in [0, 0.05) is 24.6 Å². The number of amides is 2. The number of urea groups is 1. The van der Waals surface area contributed by atoms with Crippen LogP contribution in [-0.4, -0.2) is 23.3 Å². The Morgan fingerprint density at radius 2 is 1.92 bits per heavy atom. The first kappa shape index (κ1) is 24.3. The summed E-state index contributed by atoms with van der Waals surface area (Å²) >= 11 is 1.91. The Morgan fingerprint density at radius 3 is 2.38 bits per heavy atom. The molecule has 2 amide bonds. The zero-order valence-corrected chi connectivity index (χ0v) is 17.7. The lowest BCUT2D eigenvalue weighted by Gasteiger charge is -2.09. The van der Waals surface area contributed by atoms with Crippen LogP contribution in [0.25, 0.3) is 0 Å². The summed E-state index contributed by atoms with van der Waals surface area (Å²) in [5.41, 5.74) is 5.18. The number of Topliss-reactive ketones (excluding diaryl/α,β-unsaturated/α-hetero) is 1. The first-order valence-corrected chi connectivity index (χ1v) is 9.81. The predicted molar refractivity (Wildman–Crippen MR) is 111 cm³/mol. The van der Waals surface area contributed by atoms with Gasteiger partial charge in [0.1, 0.15) is 0 Å². The van der Waals surface area contributed by atoms with E-state index in [2.05, 4.69) is 19.2 Å². The Morgan fingerprint density at radius 1 is 1.27 bits per heavy atom. The third kappa shape index (κ3) is 10.3. The average Bonchev–Trinajstić information content (AvgIpc) is 2.58. The van der Waals surface area contributed by atoms with E-state index < -0.39 is 11.0 Å². The Bertz CT molecular complexity index is 608. The Hall–Kier alpha value is -1.71. The fraction of sp³-hybridized carbons (Fsp3) is 0.556. The van der Waals surface area contributed by atoms with Gasteiger partial charge in [-0.25, -0.2) is 4.79 Å². The van der Waals surface area contributed by atoms with Crippen LogP contribution in [0, 0.1) is 19.6 Å². The molecule has 0 aromatic heterocycles. The molecule has 0 bridgehead atoms. The highest BCUT2D eigenvalue weighted by Gasteiger charge is 2.16. The van der Waals surface area contributed by atoms with Crippen LogP contribution >= 0.6 is 22.6 Å². The molecular weight excluding hydrogens is 449 g/mol. The van der Waals surface area contributed by atoms with Crippen LogP contribution in [0.1, 0.15) is 63.2 Å². The third-order valence-electron chi connectivity index (χ3n) is 3.66. The molecule has 1 aromatic rings. The van der Waals surface area contributed by atoms with Gasteiger partial charge in [0.15, 0.2) is 5.78 Å². The molecule has 0 heterocycles. The number of benzene rings is 1. The van der Waals surface area contributed by atoms with Crippen molar-refractivity contribution in [2.75, 3.05) is 6.54 Å². The molecule has 0 spiro atoms. The highest BCUT2D eigenvalue weighted by molar-refractivity contribution is 14.1. The molecule has 0 aliphatic heterocycles. The molecule has 0 radical (unpaired) electrons. The highest BCUT2D eigenvalue weighted by Crippen LogP contribution is 2.23. The van der Waals surface area contributed by atoms with Crippen molar-refractivity contribution in [3.8, 4) is 0 Å². The van der Waals surface area contributed by atoms with E-state index in [4.69, 9.17) is 5.73 Å². The van der Waals surface area contributed by atoms with Gasteiger partial charge in [-0.1, -0.05) is 33.6 Å². The summed E-state index contributed by atoms with van der Waals surface area (Å²) in [5, 5.41) is 13.3. The van der Waals surface area contributed by atoms with Crippen LogP contribution in [0.2, 0.25) is 0 Å². The van der Waals surface area contributed by atoms with Gasteiger partial charge >= 0.3 is 6.03 Å². The number of hydrogen-bond acceptors (Lipinski definition) is 4. The van der Waals surface area contributed by atoms with Gasteiger partial charge < -0.3 is 11.1 Å². The van der Waals surface area contributed by atoms with Crippen molar-refractivity contribution in [1.82, 2.24) is 5.32 Å². The number of nitro benzene ring substituents is 1. The molecule has 3 N–H and O–H groups in total. The summed E-state index contributed by atoms with van der Waals surface area (Å²) < 4.78 is 0.554. The summed E-state index contributed by atoms with van der Waals surface area (Å²) in [5.74, 6) is 0.509. The van der Waals surface area contributed by atoms with Gasteiger partial charge in [-0.15, -0.1) is 0 Å². The molecule has 8 heteroatoms. The van der Waals surface area contributed by atoms with Gasteiger partial charge in [0.05, 0.1) is 8.49 Å². The molecule has 0 saturated heterocycles. The topological polar surface area (TPSA) is 115 Å². The number of primary amides is 1. The zero-order valence-electron chi connectivity index (χ0n) is 15.6. The van der Waals surface area contributed by atoms with Crippen molar-refractivity contribution in [2.45, 2.75) is 52.9 Å². The van der Waals surface area contributed by atoms with Crippen molar-refractivity contribution in [3.63, 3.8) is 0 Å². The number of hydrogen-bond donors (Lipinski definition) is 2. The van der Waals surface area contributed by atoms with E-state index in [1.54, 1.807) is 12.1 Å². The van der Waals surface area contributed by atoms with Crippen molar-refractivity contribution >= 4 is 40.1 Å². The molecule has 1 rings (SSSR count). The number of carbonyl (C=O) groups is 2. The van der Waals surface area contributed by atoms with Crippen molar-refractivity contribution in [1.29, 1.82) is 0 Å². The van der Waals surface area contributed by atoms with Crippen molar-refractivity contribution in [2.24, 2.45) is 11.7 Å². The van der Waals surface area contributed by atoms with Crippen LogP contribution in [0.3, 0.4) is 0 Å². The summed E-state index contributed by atoms with van der Waals surface area (Å²) in [7, 11) is 0. The summed E-state index contributed by atoms with van der Waals surface area (Å²) in [6.07, 6.45) is 4.46. The van der Waals surface area contributed by atoms with E-state index in [1.165, 1.54) is 6.07 Å². The minimum atomic E-state index is -0.446. The summed E-state index contributed by atoms with van der Waals surface area (Å²) in [6, 6.07) is 4.24. The molecule has 26 heavy (non-hydrogen) atoms. The number of nitrogens with two attached hydrogens (primary N) is 1. The first-order chi connectivity index (χ1) is 12.2. The third-order valence-corrected chi connectivity index (χ3v) is 4.57. The minimum absolute atomic E-state index is 0.00746. The van der Waals surface area contributed by atoms with E-state index >= 15 is 0 Å². The van der Waals surface area contributed by atoms with Crippen LogP contribution < -0.4 is 11.1 Å². The normalized spacial score (nSPS) is 11.1. The lowest BCUT2D eigenvalue weighted by molar-refractivity contribution is -0.385. The number of nitrogens with zero attached hydrogens (tertiary/aromatic N) is 1. The monoisotopic (exact) mass is 477 g/mol. The molecule has 0 fully saturated rings. The van der Waals surface area contributed by atoms with Gasteiger partial charge in [-0.3, -0.25) is 14.9 Å². The van der Waals surface area contributed by atoms with Gasteiger partial charge in [0.25, 0.3) is 5.69 Å². The lowest BCUT2D eigenvalue weighted by Crippen LogP contribution is -2.29. The standard InChI is InChI=1S/C14H18INO3.C4H10N2O/c1-3-4-10(2)5-8-14(17)11-6-7-12(15)13(9-11)16(18)19;1-2-3-6-4(5)7/h6-7,9-10H,3-5,8H2,1-2H3;2-3H2,1H3,(H3,5,6,7). The van der Waals surface area contributed by atoms with E-state index in [9.17, 15) is 19.7 Å². The molecular formula is C18H28IN3O4. The fourth-order valence-electron chi connectivity index (χ4n) is 2.23. The molecule has 0 saturated carbocycles. The maximum absolute atomic E-state index is 12.0. The maximum atomic E-state index is 12.0. The Balaban J connectivity index is 0.000000758. The number of halogens is 1. The predicted octanol–water partition coefficient (Wildman–Crippen LogP) is 4.66. The second-order valence-electron chi connectivity index (χ2n) is 6.07. The summed E-state index contributed by atoms with van der Waals surface area (Å²) in [4.78, 5) is 32.3. The molecule has 0 aliphatic carbocycles. The second-order valence-corrected chi connectivity index (χ2v) is 7.23. The first-order valence-electron chi connectivity index (χ1n) is 8.73. The van der Waals surface area contributed by atoms with Gasteiger partial charge in [-0.05, 0) is 53.5 Å².